The summed E-state index contributed by atoms with van der Waals surface area (Å²) in [7, 11) is 6.26. The molecule has 5 aromatic rings. The number of carbonyl (C=O) groups is 4. The number of benzene rings is 3. The molecule has 0 fully saturated rings. The fourth-order valence-electron chi connectivity index (χ4n) is 9.27. The lowest BCUT2D eigenvalue weighted by molar-refractivity contribution is -0.147. The highest BCUT2D eigenvalue weighted by molar-refractivity contribution is 7.44. The van der Waals surface area contributed by atoms with E-state index < -0.39 is 55.4 Å². The van der Waals surface area contributed by atoms with E-state index in [0.29, 0.717) is 47.7 Å². The van der Waals surface area contributed by atoms with E-state index in [0.717, 1.165) is 16.7 Å². The molecule has 22 nitrogen and oxygen atoms in total. The standard InChI is InChI=1S/C62H78N7O15P/c1-45(2)69(46(3)4)85(83-34-18-31-63)84-55(44-82-62(48-20-15-13-16-21-48,49-22-26-53(76-5)27-23-49)50-24-28-54(77-6)29-25-50)39-67-33-30-56(70)68(61(67)75)32-17-12-11-14-19-47-35-51(37-65(40-57(71)78-7)41-58(72)79-8)64-52(36-47)38-66(42-59(73)80-9)43-60(74)81-10/h13,15-16,20-30,33,35-36,45-46,55H,11-12,17-18,32,34,37-44H2,1-10H3. The minimum Gasteiger partial charge on any atom is -0.497 e. The van der Waals surface area contributed by atoms with E-state index >= 15 is 0 Å². The summed E-state index contributed by atoms with van der Waals surface area (Å²) in [5, 5.41) is 9.55. The van der Waals surface area contributed by atoms with Crippen LogP contribution < -0.4 is 20.7 Å². The van der Waals surface area contributed by atoms with E-state index in [1.54, 1.807) is 26.4 Å². The van der Waals surface area contributed by atoms with Crippen molar-refractivity contribution in [2.45, 2.75) is 103 Å². The number of hydrogen-bond acceptors (Lipinski definition) is 20. The van der Waals surface area contributed by atoms with Crippen LogP contribution >= 0.6 is 8.53 Å². The minimum absolute atomic E-state index is 0.00221. The molecule has 0 amide bonds. The molecule has 2 unspecified atom stereocenters. The van der Waals surface area contributed by atoms with Crippen molar-refractivity contribution in [3.05, 3.63) is 158 Å². The van der Waals surface area contributed by atoms with Gasteiger partial charge in [-0.2, -0.15) is 5.26 Å². The lowest BCUT2D eigenvalue weighted by Gasteiger charge is -2.39. The van der Waals surface area contributed by atoms with Gasteiger partial charge in [0.05, 0.1) is 112 Å². The number of esters is 4. The van der Waals surface area contributed by atoms with E-state index in [1.807, 2.05) is 107 Å². The van der Waals surface area contributed by atoms with Crippen molar-refractivity contribution in [1.82, 2.24) is 28.6 Å². The summed E-state index contributed by atoms with van der Waals surface area (Å²) in [6.07, 6.45) is 1.93. The zero-order valence-corrected chi connectivity index (χ0v) is 51.0. The first-order valence-electron chi connectivity index (χ1n) is 27.7. The molecule has 85 heavy (non-hydrogen) atoms. The third-order valence-electron chi connectivity index (χ3n) is 13.3. The fourth-order valence-corrected chi connectivity index (χ4v) is 11.0. The van der Waals surface area contributed by atoms with Gasteiger partial charge in [0.15, 0.2) is 0 Å². The van der Waals surface area contributed by atoms with Gasteiger partial charge >= 0.3 is 29.6 Å². The number of unbranched alkanes of at least 4 members (excludes halogenated alkanes) is 2. The predicted molar refractivity (Wildman–Crippen MR) is 317 cm³/mol. The second kappa shape index (κ2) is 34.9. The van der Waals surface area contributed by atoms with Gasteiger partial charge < -0.3 is 42.2 Å². The predicted octanol–water partition coefficient (Wildman–Crippen LogP) is 6.61. The van der Waals surface area contributed by atoms with Gasteiger partial charge in [-0.1, -0.05) is 66.4 Å². The first-order chi connectivity index (χ1) is 40.9. The van der Waals surface area contributed by atoms with Crippen LogP contribution in [0.15, 0.2) is 113 Å². The zero-order chi connectivity index (χ0) is 61.9. The number of nitrogens with zero attached hydrogens (tertiary/aromatic N) is 7. The van der Waals surface area contributed by atoms with Gasteiger partial charge in [0.1, 0.15) is 23.2 Å². The van der Waals surface area contributed by atoms with E-state index in [2.05, 4.69) is 22.6 Å². The van der Waals surface area contributed by atoms with Crippen molar-refractivity contribution < 1.29 is 61.4 Å². The third kappa shape index (κ3) is 20.5. The monoisotopic (exact) mass is 1190 g/mol. The number of rotatable bonds is 34. The number of pyridine rings is 1. The third-order valence-corrected chi connectivity index (χ3v) is 15.5. The van der Waals surface area contributed by atoms with E-state index in [4.69, 9.17) is 47.2 Å². The average Bonchev–Trinajstić information content (AvgIpc) is 1.75. The molecule has 0 aliphatic heterocycles. The summed E-state index contributed by atoms with van der Waals surface area (Å²) >= 11 is 0. The van der Waals surface area contributed by atoms with E-state index in [-0.39, 0.29) is 84.1 Å². The summed E-state index contributed by atoms with van der Waals surface area (Å²) in [4.78, 5) is 85.3. The molecule has 2 aromatic heterocycles. The number of carbonyl (C=O) groups excluding carboxylic acids is 4. The molecule has 0 saturated carbocycles. The highest BCUT2D eigenvalue weighted by Crippen LogP contribution is 2.48. The Bertz CT molecular complexity index is 3020. The van der Waals surface area contributed by atoms with Crippen LogP contribution in [0.5, 0.6) is 11.5 Å². The van der Waals surface area contributed by atoms with Crippen molar-refractivity contribution in [3.63, 3.8) is 0 Å². The average molecular weight is 1190 g/mol. The Kier molecular flexibility index (Phi) is 27.9. The van der Waals surface area contributed by atoms with E-state index in [9.17, 15) is 34.0 Å². The summed E-state index contributed by atoms with van der Waals surface area (Å²) in [5.74, 6) is 5.25. The largest absolute Gasteiger partial charge is 0.497 e. The lowest BCUT2D eigenvalue weighted by Crippen LogP contribution is -2.43. The molecule has 456 valence electrons. The maximum Gasteiger partial charge on any atom is 0.331 e. The number of methoxy groups -OCH3 is 6. The van der Waals surface area contributed by atoms with Gasteiger partial charge in [0, 0.05) is 56.0 Å². The molecule has 23 heteroatoms. The van der Waals surface area contributed by atoms with Gasteiger partial charge in [-0.25, -0.2) is 9.46 Å². The molecule has 3 aromatic carbocycles. The number of nitriles is 1. The number of aromatic nitrogens is 3. The molecular formula is C62H78N7O15P. The second-order valence-corrected chi connectivity index (χ2v) is 21.4. The molecule has 5 rings (SSSR count). The Morgan fingerprint density at radius 3 is 1.61 bits per heavy atom. The van der Waals surface area contributed by atoms with Crippen LogP contribution in [0, 0.1) is 23.2 Å². The van der Waals surface area contributed by atoms with Crippen LogP contribution in [0.2, 0.25) is 0 Å². The smallest absolute Gasteiger partial charge is 0.331 e. The Morgan fingerprint density at radius 2 is 1.15 bits per heavy atom. The van der Waals surface area contributed by atoms with Crippen LogP contribution in [0.1, 0.15) is 87.0 Å². The summed E-state index contributed by atoms with van der Waals surface area (Å²) in [5.41, 5.74) is 1.38. The highest BCUT2D eigenvalue weighted by atomic mass is 31.2. The second-order valence-electron chi connectivity index (χ2n) is 20.0. The van der Waals surface area contributed by atoms with Gasteiger partial charge in [0.25, 0.3) is 14.1 Å². The molecule has 2 heterocycles. The first kappa shape index (κ1) is 68.0. The summed E-state index contributed by atoms with van der Waals surface area (Å²) in [6.45, 7) is 7.12. The molecule has 0 bridgehead atoms. The topological polar surface area (TPSA) is 242 Å². The van der Waals surface area contributed by atoms with Crippen molar-refractivity contribution in [3.8, 4) is 29.4 Å². The summed E-state index contributed by atoms with van der Waals surface area (Å²) in [6, 6.07) is 31.8. The van der Waals surface area contributed by atoms with Crippen LogP contribution in [0.4, 0.5) is 0 Å². The van der Waals surface area contributed by atoms with Crippen molar-refractivity contribution in [1.29, 1.82) is 5.26 Å². The molecule has 0 radical (unpaired) electrons. The van der Waals surface area contributed by atoms with Crippen LogP contribution in [-0.2, 0) is 83.7 Å². The van der Waals surface area contributed by atoms with E-state index in [1.165, 1.54) is 59.6 Å². The lowest BCUT2D eigenvalue weighted by atomic mass is 9.80. The van der Waals surface area contributed by atoms with Gasteiger partial charge in [-0.15, -0.1) is 0 Å². The SMILES string of the molecule is COC(=O)CN(CC(=O)OC)Cc1cc(C#CCCCCn2c(=O)ccn(CC(COC(c3ccccc3)(c3ccc(OC)cc3)c3ccc(OC)cc3)OP(OCCC#N)N(C(C)C)C(C)C)c2=O)cc(CN(CC(=O)OC)CC(=O)OC)n1. The molecule has 2 atom stereocenters. The number of ether oxygens (including phenoxy) is 7. The minimum atomic E-state index is -1.86. The maximum absolute atomic E-state index is 14.6. The van der Waals surface area contributed by atoms with Crippen LogP contribution in [0.25, 0.3) is 0 Å². The molecule has 0 aliphatic rings. The van der Waals surface area contributed by atoms with Crippen molar-refractivity contribution in [2.75, 3.05) is 82.1 Å². The first-order valence-corrected chi connectivity index (χ1v) is 28.8. The highest BCUT2D eigenvalue weighted by Gasteiger charge is 2.40. The molecular weight excluding hydrogens is 1110 g/mol. The molecule has 0 N–H and O–H groups in total. The molecule has 0 saturated heterocycles. The van der Waals surface area contributed by atoms with Gasteiger partial charge in [-0.05, 0) is 93.6 Å². The summed E-state index contributed by atoms with van der Waals surface area (Å²) < 4.78 is 56.1. The van der Waals surface area contributed by atoms with Crippen molar-refractivity contribution in [2.24, 2.45) is 0 Å². The maximum atomic E-state index is 14.6. The molecule has 0 aliphatic carbocycles. The Morgan fingerprint density at radius 1 is 0.659 bits per heavy atom. The normalized spacial score (nSPS) is 12.1. The van der Waals surface area contributed by atoms with Crippen LogP contribution in [0.3, 0.4) is 0 Å². The fraction of sp³-hybridized carbons (Fsp3) is 0.452. The zero-order valence-electron chi connectivity index (χ0n) is 50.1. The Labute approximate surface area is 498 Å². The van der Waals surface area contributed by atoms with Crippen LogP contribution in [-0.4, -0.2) is 153 Å². The molecule has 0 spiro atoms. The Hall–Kier alpha value is -7.79. The van der Waals surface area contributed by atoms with Crippen molar-refractivity contribution >= 4 is 32.4 Å². The number of hydrogen-bond donors (Lipinski definition) is 0. The quantitative estimate of drug-likeness (QED) is 0.0105. The van der Waals surface area contributed by atoms with Gasteiger partial charge in [-0.3, -0.25) is 47.9 Å². The Balaban J connectivity index is 1.48. The van der Waals surface area contributed by atoms with Gasteiger partial charge in [0.2, 0.25) is 0 Å².